The second-order valence-corrected chi connectivity index (χ2v) is 26.9. The van der Waals surface area contributed by atoms with E-state index >= 15 is 0 Å². The number of carboxylic acids is 2. The zero-order valence-corrected chi connectivity index (χ0v) is 57.8. The summed E-state index contributed by atoms with van der Waals surface area (Å²) in [6, 6.07) is 30.4. The Morgan fingerprint density at radius 2 is 1.12 bits per heavy atom. The van der Waals surface area contributed by atoms with Crippen LogP contribution in [0.3, 0.4) is 0 Å². The first-order valence-corrected chi connectivity index (χ1v) is 35.4. The van der Waals surface area contributed by atoms with Crippen LogP contribution in [0.5, 0.6) is 0 Å². The van der Waals surface area contributed by atoms with E-state index in [0.29, 0.717) is 103 Å². The van der Waals surface area contributed by atoms with E-state index in [1.54, 1.807) is 66.4 Å². The first kappa shape index (κ1) is 74.2. The maximum absolute atomic E-state index is 13.9. The molecule has 5 heterocycles. The molecule has 31 heteroatoms. The molecule has 8 aromatic rings. The maximum Gasteiger partial charge on any atom is 0.305 e. The van der Waals surface area contributed by atoms with Gasteiger partial charge in [-0.05, 0) is 128 Å². The number of hydrogen-bond acceptors (Lipinski definition) is 18. The molecule has 0 fully saturated rings. The van der Waals surface area contributed by atoms with Gasteiger partial charge in [-0.15, -0.1) is 5.11 Å². The summed E-state index contributed by atoms with van der Waals surface area (Å²) in [6.45, 7) is 1.54. The van der Waals surface area contributed by atoms with E-state index in [9.17, 15) is 66.3 Å². The minimum Gasteiger partial charge on any atom is -0.481 e. The molecule has 7 amide bonds. The van der Waals surface area contributed by atoms with Crippen LogP contribution in [0.4, 0.5) is 17.2 Å². The number of nitrogens with one attached hydrogen (secondary N) is 7. The number of aromatic amines is 2. The number of aliphatic carboxylic acids is 2. The highest BCUT2D eigenvalue weighted by Crippen LogP contribution is 2.30. The molecule has 10 N–H and O–H groups in total. The summed E-state index contributed by atoms with van der Waals surface area (Å²) in [6.07, 6.45) is 4.75. The van der Waals surface area contributed by atoms with Gasteiger partial charge in [-0.1, -0.05) is 68.1 Å². The number of carboxylic acid groups (broad SMARTS) is 2. The van der Waals surface area contributed by atoms with Crippen molar-refractivity contribution >= 4 is 103 Å². The fourth-order valence-electron chi connectivity index (χ4n) is 12.4. The molecule has 2 aliphatic rings. The number of pyridine rings is 1. The van der Waals surface area contributed by atoms with Crippen molar-refractivity contribution in [3.63, 3.8) is 0 Å². The topological polar surface area (TPSA) is 417 Å². The smallest absolute Gasteiger partial charge is 0.305 e. The number of anilines is 2. The number of carbonyl (C=O) groups is 9. The molecule has 0 unspecified atom stereocenters. The van der Waals surface area contributed by atoms with E-state index in [-0.39, 0.29) is 111 Å². The molecule has 2 aliphatic heterocycles. The minimum atomic E-state index is -4.52. The second-order valence-electron chi connectivity index (χ2n) is 25.5. The third-order valence-corrected chi connectivity index (χ3v) is 18.6. The lowest BCUT2D eigenvalue weighted by Crippen LogP contribution is -2.47. The number of azo groups is 1. The van der Waals surface area contributed by atoms with Gasteiger partial charge in [-0.3, -0.25) is 47.7 Å². The van der Waals surface area contributed by atoms with Gasteiger partial charge in [0.1, 0.15) is 29.8 Å². The Bertz CT molecular complexity index is 4520. The summed E-state index contributed by atoms with van der Waals surface area (Å²) >= 11 is 0. The van der Waals surface area contributed by atoms with Crippen LogP contribution >= 0.6 is 0 Å². The first-order chi connectivity index (χ1) is 49.5. The lowest BCUT2D eigenvalue weighted by molar-refractivity contribution is -0.141. The van der Waals surface area contributed by atoms with E-state index in [4.69, 9.17) is 0 Å². The zero-order valence-electron chi connectivity index (χ0n) is 57.0. The largest absolute Gasteiger partial charge is 0.481 e. The Kier molecular flexibility index (Phi) is 25.0. The van der Waals surface area contributed by atoms with Gasteiger partial charge >= 0.3 is 11.9 Å². The van der Waals surface area contributed by atoms with Crippen molar-refractivity contribution in [3.05, 3.63) is 173 Å². The SMILES string of the molecule is CN(Cc1nc2ccccc2[nH]1)C(=O)c1ccc2c(c1)CN(CCCCCCNC(=O)CC[C@@H](NC(=O)c1ccc(N=NCc3ccccc3S(=O)(=O)O)nc1)C(=O)NCCCCCCN1Cc3cc(C(=O)N(C)Cc4nc5ccccc5[nH]4)ccc3N[C@H](CC(=O)O)C1=O)C(=O)[C@H](CC(=O)O)N2. The molecule has 540 valence electrons. The van der Waals surface area contributed by atoms with Crippen molar-refractivity contribution in [1.82, 2.24) is 60.5 Å². The maximum atomic E-state index is 13.9. The van der Waals surface area contributed by atoms with Gasteiger partial charge in [0.2, 0.25) is 23.6 Å². The summed E-state index contributed by atoms with van der Waals surface area (Å²) in [4.78, 5) is 146. The Morgan fingerprint density at radius 1 is 0.621 bits per heavy atom. The third-order valence-electron chi connectivity index (χ3n) is 17.7. The van der Waals surface area contributed by atoms with Crippen LogP contribution in [0.15, 0.2) is 143 Å². The first-order valence-electron chi connectivity index (χ1n) is 34.0. The predicted octanol–water partition coefficient (Wildman–Crippen LogP) is 7.74. The van der Waals surface area contributed by atoms with Gasteiger partial charge < -0.3 is 66.4 Å². The Balaban J connectivity index is 0.702. The lowest BCUT2D eigenvalue weighted by atomic mass is 10.1. The molecule has 30 nitrogen and oxygen atoms in total. The molecule has 3 atom stereocenters. The Morgan fingerprint density at radius 3 is 1.62 bits per heavy atom. The van der Waals surface area contributed by atoms with E-state index in [0.717, 1.165) is 22.1 Å². The molecule has 10 rings (SSSR count). The third kappa shape index (κ3) is 20.4. The van der Waals surface area contributed by atoms with Crippen LogP contribution < -0.4 is 26.6 Å². The molecule has 3 aromatic heterocycles. The summed E-state index contributed by atoms with van der Waals surface area (Å²) in [7, 11) is -1.18. The van der Waals surface area contributed by atoms with Crippen LogP contribution in [0.2, 0.25) is 0 Å². The van der Waals surface area contributed by atoms with E-state index in [2.05, 4.69) is 61.7 Å². The van der Waals surface area contributed by atoms with Crippen LogP contribution in [0.25, 0.3) is 22.1 Å². The van der Waals surface area contributed by atoms with Crippen LogP contribution in [0, 0.1) is 0 Å². The number of benzene rings is 5. The van der Waals surface area contributed by atoms with Gasteiger partial charge in [0.25, 0.3) is 27.8 Å². The molecule has 103 heavy (non-hydrogen) atoms. The molecule has 0 radical (unpaired) electrons. The molecule has 0 aliphatic carbocycles. The van der Waals surface area contributed by atoms with Gasteiger partial charge in [0, 0.05) is 88.5 Å². The normalized spacial score (nSPS) is 14.7. The summed E-state index contributed by atoms with van der Waals surface area (Å²) in [5.74, 6) is -3.96. The average molecular weight is 1430 g/mol. The van der Waals surface area contributed by atoms with Crippen molar-refractivity contribution < 1.29 is 66.3 Å². The number of para-hydroxylation sites is 4. The lowest BCUT2D eigenvalue weighted by Gasteiger charge is -2.24. The molecule has 0 spiro atoms. The van der Waals surface area contributed by atoms with Crippen molar-refractivity contribution in [2.45, 2.75) is 133 Å². The van der Waals surface area contributed by atoms with E-state index in [1.165, 1.54) is 46.3 Å². The van der Waals surface area contributed by atoms with Crippen molar-refractivity contribution in [1.29, 1.82) is 0 Å². The van der Waals surface area contributed by atoms with Gasteiger partial charge in [-0.2, -0.15) is 13.5 Å². The minimum absolute atomic E-state index is 0.0494. The monoisotopic (exact) mass is 1430 g/mol. The van der Waals surface area contributed by atoms with Gasteiger partial charge in [-0.25, -0.2) is 15.0 Å². The quantitative estimate of drug-likeness (QED) is 0.0105. The number of H-pyrrole nitrogens is 2. The summed E-state index contributed by atoms with van der Waals surface area (Å²) < 4.78 is 33.3. The number of carbonyl (C=O) groups excluding carboxylic acids is 7. The second kappa shape index (κ2) is 34.7. The van der Waals surface area contributed by atoms with E-state index < -0.39 is 70.7 Å². The molecule has 5 aromatic carbocycles. The number of rotatable bonds is 34. The number of aromatic nitrogens is 5. The highest BCUT2D eigenvalue weighted by molar-refractivity contribution is 7.85. The number of nitrogens with zero attached hydrogens (tertiary/aromatic N) is 9. The van der Waals surface area contributed by atoms with E-state index in [1.807, 2.05) is 48.5 Å². The highest BCUT2D eigenvalue weighted by atomic mass is 32.2. The molecule has 0 bridgehead atoms. The Labute approximate surface area is 593 Å². The number of imidazole rings is 2. The number of hydrogen-bond donors (Lipinski definition) is 10. The fraction of sp³-hybridized carbons (Fsp3) is 0.361. The van der Waals surface area contributed by atoms with Gasteiger partial charge in [0.05, 0.1) is 65.0 Å². The predicted molar refractivity (Wildman–Crippen MR) is 379 cm³/mol. The fourth-order valence-corrected chi connectivity index (χ4v) is 13.1. The highest BCUT2D eigenvalue weighted by Gasteiger charge is 2.34. The molecule has 0 saturated carbocycles. The number of amides is 7. The summed E-state index contributed by atoms with van der Waals surface area (Å²) in [5, 5.41) is 42.2. The van der Waals surface area contributed by atoms with Gasteiger partial charge in [0.15, 0.2) is 5.82 Å². The van der Waals surface area contributed by atoms with Crippen LogP contribution in [-0.4, -0.2) is 179 Å². The zero-order chi connectivity index (χ0) is 73.2. The number of unbranched alkanes of at least 4 members (excludes halogenated alkanes) is 6. The van der Waals surface area contributed by atoms with Crippen molar-refractivity contribution in [2.75, 3.05) is 50.9 Å². The Hall–Kier alpha value is -11.5. The average Bonchev–Trinajstić information content (AvgIpc) is 1.71. The molecule has 0 saturated heterocycles. The van der Waals surface area contributed by atoms with Crippen LogP contribution in [-0.2, 0) is 71.6 Å². The summed E-state index contributed by atoms with van der Waals surface area (Å²) in [5.41, 5.74) is 6.65. The standard InChI is InChI=1S/C72H82N16O14S/c1-85(43-62-79-53-18-8-9-19-54(53)80-62)69(96)45-23-26-51-49(35-45)41-87(71(98)58(77-51)37-65(90)91)33-15-5-3-13-31-73-64(89)30-28-57(83-67(94)48-25-29-61(75-39-48)84-76-40-47-17-7-12-22-60(47)103(100,101)102)68(95)74-32-14-4-6-16-34-88-42-50-36-46(24-27-52(50)78-59(72(88)99)38-66(92)93)70(97)86(2)44-63-81-55-20-10-11-21-56(55)82-63/h7-12,17-27,29,35-36,39,57-59,77-78H,3-6,13-16,28,30-34,37-38,40-44H2,1-2H3,(H,73,89)(H,74,95)(H,79,80)(H,81,82)(H,83,94)(H,90,91)(H,92,93)(H,100,101,102)/t57-,58+,59-/m1/s1. The molecular formula is C72H82N16O14S. The molecular weight excluding hydrogens is 1340 g/mol. The van der Waals surface area contributed by atoms with Crippen molar-refractivity contribution in [3.8, 4) is 0 Å². The number of fused-ring (bicyclic) bond motifs is 4. The van der Waals surface area contributed by atoms with Crippen molar-refractivity contribution in [2.24, 2.45) is 10.2 Å². The van der Waals surface area contributed by atoms with Crippen LogP contribution in [0.1, 0.15) is 136 Å².